The number of anilines is 2. The predicted octanol–water partition coefficient (Wildman–Crippen LogP) is 2.86. The van der Waals surface area contributed by atoms with E-state index in [1.807, 2.05) is 6.07 Å². The number of hydrogen-bond acceptors (Lipinski definition) is 4. The van der Waals surface area contributed by atoms with Crippen LogP contribution in [-0.2, 0) is 6.42 Å². The smallest absolute Gasteiger partial charge is 0.133 e. The van der Waals surface area contributed by atoms with Crippen molar-refractivity contribution in [2.75, 3.05) is 17.6 Å². The number of nitrogens with zero attached hydrogens (tertiary/aromatic N) is 2. The van der Waals surface area contributed by atoms with Crippen LogP contribution in [0.25, 0.3) is 0 Å². The van der Waals surface area contributed by atoms with Gasteiger partial charge in [0.1, 0.15) is 17.5 Å². The number of nitrogens with two attached hydrogens (primary N) is 1. The second-order valence-corrected chi connectivity index (χ2v) is 5.71. The molecule has 0 unspecified atom stereocenters. The summed E-state index contributed by atoms with van der Waals surface area (Å²) in [7, 11) is 0. The Balaban J connectivity index is 2.01. The van der Waals surface area contributed by atoms with Gasteiger partial charge in [-0.2, -0.15) is 0 Å². The topological polar surface area (TPSA) is 63.8 Å². The maximum atomic E-state index is 5.81. The van der Waals surface area contributed by atoms with Crippen LogP contribution < -0.4 is 11.1 Å². The first-order chi connectivity index (χ1) is 8.55. The lowest BCUT2D eigenvalue weighted by Crippen LogP contribution is -2.21. The van der Waals surface area contributed by atoms with E-state index >= 15 is 0 Å². The third kappa shape index (κ3) is 2.92. The molecule has 0 amide bonds. The SMILES string of the molecule is CCCc1nc(N)cc(NCC2(C(C)C)CC2)n1. The first kappa shape index (κ1) is 13.1. The molecule has 1 fully saturated rings. The second-order valence-electron chi connectivity index (χ2n) is 5.71. The number of aryl methyl sites for hydroxylation is 1. The van der Waals surface area contributed by atoms with Gasteiger partial charge in [0, 0.05) is 19.0 Å². The fraction of sp³-hybridized carbons (Fsp3) is 0.714. The van der Waals surface area contributed by atoms with Crippen molar-refractivity contribution < 1.29 is 0 Å². The van der Waals surface area contributed by atoms with E-state index in [2.05, 4.69) is 36.1 Å². The molecule has 1 aliphatic rings. The average Bonchev–Trinajstić information content (AvgIpc) is 3.07. The van der Waals surface area contributed by atoms with Crippen LogP contribution in [-0.4, -0.2) is 16.5 Å². The largest absolute Gasteiger partial charge is 0.384 e. The van der Waals surface area contributed by atoms with E-state index < -0.39 is 0 Å². The van der Waals surface area contributed by atoms with Crippen LogP contribution in [0.3, 0.4) is 0 Å². The molecule has 4 heteroatoms. The Labute approximate surface area is 109 Å². The second kappa shape index (κ2) is 5.12. The van der Waals surface area contributed by atoms with E-state index in [9.17, 15) is 0 Å². The molecule has 3 N–H and O–H groups in total. The molecule has 0 spiro atoms. The summed E-state index contributed by atoms with van der Waals surface area (Å²) in [4.78, 5) is 8.76. The highest BCUT2D eigenvalue weighted by atomic mass is 15.1. The molecule has 0 bridgehead atoms. The zero-order valence-corrected chi connectivity index (χ0v) is 11.7. The number of nitrogen functional groups attached to an aromatic ring is 1. The lowest BCUT2D eigenvalue weighted by Gasteiger charge is -2.20. The Hall–Kier alpha value is -1.32. The molecule has 1 aromatic rings. The molecule has 4 nitrogen and oxygen atoms in total. The number of aromatic nitrogens is 2. The van der Waals surface area contributed by atoms with Crippen molar-refractivity contribution in [1.82, 2.24) is 9.97 Å². The average molecular weight is 248 g/mol. The Kier molecular flexibility index (Phi) is 3.73. The molecule has 2 rings (SSSR count). The predicted molar refractivity (Wildman–Crippen MR) is 75.4 cm³/mol. The van der Waals surface area contributed by atoms with Crippen molar-refractivity contribution in [3.05, 3.63) is 11.9 Å². The van der Waals surface area contributed by atoms with Crippen LogP contribution in [0.2, 0.25) is 0 Å². The van der Waals surface area contributed by atoms with Gasteiger partial charge in [-0.05, 0) is 30.6 Å². The monoisotopic (exact) mass is 248 g/mol. The standard InChI is InChI=1S/C14H24N4/c1-4-5-12-17-11(15)8-13(18-12)16-9-14(6-7-14)10(2)3/h8,10H,4-7,9H2,1-3H3,(H3,15,16,17,18). The Morgan fingerprint density at radius 1 is 1.39 bits per heavy atom. The van der Waals surface area contributed by atoms with E-state index in [-0.39, 0.29) is 0 Å². The zero-order valence-electron chi connectivity index (χ0n) is 11.7. The van der Waals surface area contributed by atoms with Crippen LogP contribution in [0, 0.1) is 11.3 Å². The summed E-state index contributed by atoms with van der Waals surface area (Å²) in [5.74, 6) is 3.00. The summed E-state index contributed by atoms with van der Waals surface area (Å²) in [5.41, 5.74) is 6.29. The highest BCUT2D eigenvalue weighted by Gasteiger charge is 2.44. The van der Waals surface area contributed by atoms with Crippen LogP contribution in [0.4, 0.5) is 11.6 Å². The molecule has 0 saturated heterocycles. The summed E-state index contributed by atoms with van der Waals surface area (Å²) >= 11 is 0. The van der Waals surface area contributed by atoms with E-state index in [1.165, 1.54) is 12.8 Å². The fourth-order valence-corrected chi connectivity index (χ4v) is 2.33. The first-order valence-corrected chi connectivity index (χ1v) is 6.93. The van der Waals surface area contributed by atoms with Gasteiger partial charge in [-0.25, -0.2) is 9.97 Å². The molecular formula is C14H24N4. The van der Waals surface area contributed by atoms with Crippen LogP contribution >= 0.6 is 0 Å². The molecule has 0 radical (unpaired) electrons. The van der Waals surface area contributed by atoms with Gasteiger partial charge in [-0.3, -0.25) is 0 Å². The number of nitrogens with one attached hydrogen (secondary N) is 1. The van der Waals surface area contributed by atoms with Gasteiger partial charge >= 0.3 is 0 Å². The van der Waals surface area contributed by atoms with Gasteiger partial charge in [0.2, 0.25) is 0 Å². The third-order valence-corrected chi connectivity index (χ3v) is 4.00. The van der Waals surface area contributed by atoms with Crippen LogP contribution in [0.1, 0.15) is 45.9 Å². The van der Waals surface area contributed by atoms with Gasteiger partial charge in [-0.1, -0.05) is 20.8 Å². The van der Waals surface area contributed by atoms with Gasteiger partial charge in [0.25, 0.3) is 0 Å². The van der Waals surface area contributed by atoms with E-state index in [1.54, 1.807) is 0 Å². The third-order valence-electron chi connectivity index (χ3n) is 4.00. The summed E-state index contributed by atoms with van der Waals surface area (Å²) in [6.45, 7) is 7.71. The van der Waals surface area contributed by atoms with Crippen molar-refractivity contribution in [3.63, 3.8) is 0 Å². The minimum Gasteiger partial charge on any atom is -0.384 e. The number of hydrogen-bond donors (Lipinski definition) is 2. The van der Waals surface area contributed by atoms with Crippen molar-refractivity contribution in [2.45, 2.75) is 46.5 Å². The van der Waals surface area contributed by atoms with E-state index in [0.29, 0.717) is 11.2 Å². The number of rotatable bonds is 6. The summed E-state index contributed by atoms with van der Waals surface area (Å²) in [6.07, 6.45) is 4.56. The quantitative estimate of drug-likeness (QED) is 0.812. The maximum absolute atomic E-state index is 5.81. The Morgan fingerprint density at radius 3 is 2.67 bits per heavy atom. The Morgan fingerprint density at radius 2 is 2.11 bits per heavy atom. The zero-order chi connectivity index (χ0) is 13.2. The molecule has 0 aliphatic heterocycles. The molecule has 1 aliphatic carbocycles. The summed E-state index contributed by atoms with van der Waals surface area (Å²) in [5, 5.41) is 3.44. The molecule has 100 valence electrons. The van der Waals surface area contributed by atoms with Crippen molar-refractivity contribution in [3.8, 4) is 0 Å². The Bertz CT molecular complexity index is 410. The lowest BCUT2D eigenvalue weighted by molar-refractivity contribution is 0.380. The summed E-state index contributed by atoms with van der Waals surface area (Å²) < 4.78 is 0. The van der Waals surface area contributed by atoms with Crippen molar-refractivity contribution >= 4 is 11.6 Å². The van der Waals surface area contributed by atoms with E-state index in [0.717, 1.165) is 36.9 Å². The highest BCUT2D eigenvalue weighted by Crippen LogP contribution is 2.51. The minimum atomic E-state index is 0.477. The maximum Gasteiger partial charge on any atom is 0.133 e. The molecule has 1 aromatic heterocycles. The van der Waals surface area contributed by atoms with Crippen LogP contribution in [0.5, 0.6) is 0 Å². The minimum absolute atomic E-state index is 0.477. The molecule has 1 heterocycles. The molecule has 18 heavy (non-hydrogen) atoms. The first-order valence-electron chi connectivity index (χ1n) is 6.93. The normalized spacial score (nSPS) is 16.9. The lowest BCUT2D eigenvalue weighted by atomic mass is 9.92. The summed E-state index contributed by atoms with van der Waals surface area (Å²) in [6, 6.07) is 1.83. The molecule has 0 atom stereocenters. The fourth-order valence-electron chi connectivity index (χ4n) is 2.33. The molecular weight excluding hydrogens is 224 g/mol. The van der Waals surface area contributed by atoms with Crippen molar-refractivity contribution in [1.29, 1.82) is 0 Å². The van der Waals surface area contributed by atoms with Gasteiger partial charge < -0.3 is 11.1 Å². The van der Waals surface area contributed by atoms with Crippen LogP contribution in [0.15, 0.2) is 6.07 Å². The van der Waals surface area contributed by atoms with Gasteiger partial charge in [0.15, 0.2) is 0 Å². The molecule has 0 aromatic carbocycles. The molecule has 1 saturated carbocycles. The highest BCUT2D eigenvalue weighted by molar-refractivity contribution is 5.45. The van der Waals surface area contributed by atoms with Gasteiger partial charge in [0.05, 0.1) is 0 Å². The van der Waals surface area contributed by atoms with Crippen molar-refractivity contribution in [2.24, 2.45) is 11.3 Å². The van der Waals surface area contributed by atoms with Gasteiger partial charge in [-0.15, -0.1) is 0 Å². The van der Waals surface area contributed by atoms with E-state index in [4.69, 9.17) is 5.73 Å².